The molecule has 1 saturated carbocycles. The van der Waals surface area contributed by atoms with Crippen LogP contribution < -0.4 is 0 Å². The fourth-order valence-electron chi connectivity index (χ4n) is 2.69. The maximum atomic E-state index is 9.85. The molecule has 2 atom stereocenters. The largest absolute Gasteiger partial charge is 0.396 e. The zero-order valence-electron chi connectivity index (χ0n) is 8.25. The average Bonchev–Trinajstić information content (AvgIpc) is 1.82. The highest BCUT2D eigenvalue weighted by Crippen LogP contribution is 2.39. The van der Waals surface area contributed by atoms with E-state index in [1.54, 1.807) is 0 Å². The molecule has 1 rings (SSSR count). The summed E-state index contributed by atoms with van der Waals surface area (Å²) < 4.78 is 0. The molecule has 0 aromatic heterocycles. The smallest absolute Gasteiger partial charge is 0.0625 e. The first-order valence-corrected chi connectivity index (χ1v) is 4.79. The van der Waals surface area contributed by atoms with Gasteiger partial charge in [-0.1, -0.05) is 13.8 Å². The Morgan fingerprint density at radius 1 is 1.25 bits per heavy atom. The third kappa shape index (κ3) is 1.99. The summed E-state index contributed by atoms with van der Waals surface area (Å²) >= 11 is 0. The van der Waals surface area contributed by atoms with Crippen molar-refractivity contribution in [3.05, 3.63) is 0 Å². The van der Waals surface area contributed by atoms with Gasteiger partial charge in [0.05, 0.1) is 5.60 Å². The van der Waals surface area contributed by atoms with Crippen molar-refractivity contribution in [3.8, 4) is 0 Å². The molecule has 0 heterocycles. The predicted octanol–water partition coefficient (Wildman–Crippen LogP) is 1.41. The highest BCUT2D eigenvalue weighted by atomic mass is 16.3. The molecule has 0 aromatic carbocycles. The molecule has 72 valence electrons. The molecule has 1 aliphatic carbocycles. The van der Waals surface area contributed by atoms with Crippen molar-refractivity contribution in [2.45, 2.75) is 39.2 Å². The van der Waals surface area contributed by atoms with E-state index in [0.29, 0.717) is 17.8 Å². The lowest BCUT2D eigenvalue weighted by molar-refractivity contribution is -0.0526. The van der Waals surface area contributed by atoms with Gasteiger partial charge in [0.1, 0.15) is 0 Å². The molecule has 0 bridgehead atoms. The molecule has 1 aliphatic rings. The zero-order valence-corrected chi connectivity index (χ0v) is 8.25. The van der Waals surface area contributed by atoms with Crippen molar-refractivity contribution in [2.24, 2.45) is 17.8 Å². The lowest BCUT2D eigenvalue weighted by atomic mass is 9.68. The standard InChI is InChI=1S/C10H20O2/c1-7-4-10(3,12)5-8(2)9(7)6-11/h7-9,11-12H,4-6H2,1-3H3. The molecule has 2 N–H and O–H groups in total. The molecule has 1 fully saturated rings. The number of hydrogen-bond donors (Lipinski definition) is 2. The van der Waals surface area contributed by atoms with E-state index < -0.39 is 5.60 Å². The Morgan fingerprint density at radius 2 is 1.67 bits per heavy atom. The summed E-state index contributed by atoms with van der Waals surface area (Å²) in [4.78, 5) is 0. The van der Waals surface area contributed by atoms with Crippen LogP contribution in [0.4, 0.5) is 0 Å². The quantitative estimate of drug-likeness (QED) is 0.628. The Balaban J connectivity index is 2.63. The third-order valence-corrected chi connectivity index (χ3v) is 3.20. The second-order valence-corrected chi connectivity index (χ2v) is 4.71. The number of rotatable bonds is 1. The van der Waals surface area contributed by atoms with E-state index in [9.17, 15) is 5.11 Å². The van der Waals surface area contributed by atoms with Crippen LogP contribution in [0.2, 0.25) is 0 Å². The van der Waals surface area contributed by atoms with Gasteiger partial charge < -0.3 is 10.2 Å². The highest BCUT2D eigenvalue weighted by Gasteiger charge is 2.38. The molecule has 12 heavy (non-hydrogen) atoms. The van der Waals surface area contributed by atoms with Crippen molar-refractivity contribution >= 4 is 0 Å². The number of aliphatic hydroxyl groups is 2. The van der Waals surface area contributed by atoms with E-state index in [1.807, 2.05) is 6.92 Å². The first-order chi connectivity index (χ1) is 5.46. The van der Waals surface area contributed by atoms with Crippen molar-refractivity contribution < 1.29 is 10.2 Å². The second kappa shape index (κ2) is 3.35. The molecule has 0 saturated heterocycles. The second-order valence-electron chi connectivity index (χ2n) is 4.71. The molecule has 2 nitrogen and oxygen atoms in total. The van der Waals surface area contributed by atoms with E-state index >= 15 is 0 Å². The summed E-state index contributed by atoms with van der Waals surface area (Å²) in [5.41, 5.74) is -0.509. The van der Waals surface area contributed by atoms with E-state index in [2.05, 4.69) is 13.8 Å². The normalized spacial score (nSPS) is 49.2. The predicted molar refractivity (Wildman–Crippen MR) is 48.8 cm³/mol. The van der Waals surface area contributed by atoms with Crippen LogP contribution in [0.25, 0.3) is 0 Å². The Labute approximate surface area is 74.6 Å². The minimum absolute atomic E-state index is 0.262. The van der Waals surface area contributed by atoms with Crippen LogP contribution in [0.5, 0.6) is 0 Å². The van der Waals surface area contributed by atoms with Gasteiger partial charge in [-0.25, -0.2) is 0 Å². The van der Waals surface area contributed by atoms with Crippen LogP contribution in [0.15, 0.2) is 0 Å². The minimum Gasteiger partial charge on any atom is -0.396 e. The third-order valence-electron chi connectivity index (χ3n) is 3.20. The van der Waals surface area contributed by atoms with Gasteiger partial charge in [-0.3, -0.25) is 0 Å². The van der Waals surface area contributed by atoms with Crippen LogP contribution in [0.3, 0.4) is 0 Å². The topological polar surface area (TPSA) is 40.5 Å². The Kier molecular flexibility index (Phi) is 2.79. The molecular weight excluding hydrogens is 152 g/mol. The van der Waals surface area contributed by atoms with Gasteiger partial charge in [-0.2, -0.15) is 0 Å². The van der Waals surface area contributed by atoms with Gasteiger partial charge in [-0.15, -0.1) is 0 Å². The molecule has 2 unspecified atom stereocenters. The Hall–Kier alpha value is -0.0800. The summed E-state index contributed by atoms with van der Waals surface area (Å²) in [6.45, 7) is 6.39. The SMILES string of the molecule is CC1CC(C)(O)CC(C)C1CO. The molecule has 0 aliphatic heterocycles. The van der Waals surface area contributed by atoms with Crippen LogP contribution in [0, 0.1) is 17.8 Å². The van der Waals surface area contributed by atoms with Gasteiger partial charge in [0.25, 0.3) is 0 Å². The maximum absolute atomic E-state index is 9.85. The molecular formula is C10H20O2. The van der Waals surface area contributed by atoms with Crippen LogP contribution in [-0.2, 0) is 0 Å². The minimum atomic E-state index is -0.509. The Morgan fingerprint density at radius 3 is 2.00 bits per heavy atom. The molecule has 2 heteroatoms. The molecule has 0 amide bonds. The van der Waals surface area contributed by atoms with Crippen molar-refractivity contribution in [3.63, 3.8) is 0 Å². The van der Waals surface area contributed by atoms with Gasteiger partial charge >= 0.3 is 0 Å². The van der Waals surface area contributed by atoms with Crippen LogP contribution in [-0.4, -0.2) is 22.4 Å². The lowest BCUT2D eigenvalue weighted by Crippen LogP contribution is -2.41. The van der Waals surface area contributed by atoms with Crippen LogP contribution >= 0.6 is 0 Å². The van der Waals surface area contributed by atoms with E-state index in [0.717, 1.165) is 12.8 Å². The highest BCUT2D eigenvalue weighted by molar-refractivity contribution is 4.88. The average molecular weight is 172 g/mol. The van der Waals surface area contributed by atoms with Gasteiger partial charge in [0.15, 0.2) is 0 Å². The van der Waals surface area contributed by atoms with E-state index in [4.69, 9.17) is 5.11 Å². The number of aliphatic hydroxyl groups excluding tert-OH is 1. The number of hydrogen-bond acceptors (Lipinski definition) is 2. The van der Waals surface area contributed by atoms with Gasteiger partial charge in [0.2, 0.25) is 0 Å². The van der Waals surface area contributed by atoms with Crippen molar-refractivity contribution in [2.75, 3.05) is 6.61 Å². The zero-order chi connectivity index (χ0) is 9.35. The lowest BCUT2D eigenvalue weighted by Gasteiger charge is -2.41. The molecule has 0 radical (unpaired) electrons. The van der Waals surface area contributed by atoms with Crippen LogP contribution in [0.1, 0.15) is 33.6 Å². The summed E-state index contributed by atoms with van der Waals surface area (Å²) in [6, 6.07) is 0. The van der Waals surface area contributed by atoms with Gasteiger partial charge in [-0.05, 0) is 37.5 Å². The first-order valence-electron chi connectivity index (χ1n) is 4.79. The maximum Gasteiger partial charge on any atom is 0.0625 e. The van der Waals surface area contributed by atoms with Crippen molar-refractivity contribution in [1.29, 1.82) is 0 Å². The van der Waals surface area contributed by atoms with Gasteiger partial charge in [0, 0.05) is 6.61 Å². The monoisotopic (exact) mass is 172 g/mol. The van der Waals surface area contributed by atoms with Crippen molar-refractivity contribution in [1.82, 2.24) is 0 Å². The summed E-state index contributed by atoms with van der Waals surface area (Å²) in [7, 11) is 0. The summed E-state index contributed by atoms with van der Waals surface area (Å²) in [6.07, 6.45) is 1.64. The first kappa shape index (κ1) is 10.0. The molecule has 0 spiro atoms. The fraction of sp³-hybridized carbons (Fsp3) is 1.00. The van der Waals surface area contributed by atoms with E-state index in [-0.39, 0.29) is 6.61 Å². The Bertz CT molecular complexity index is 140. The van der Waals surface area contributed by atoms with E-state index in [1.165, 1.54) is 0 Å². The summed E-state index contributed by atoms with van der Waals surface area (Å²) in [5, 5.41) is 19.0. The fourth-order valence-corrected chi connectivity index (χ4v) is 2.69. The summed E-state index contributed by atoms with van der Waals surface area (Å²) in [5.74, 6) is 1.26. The molecule has 0 aromatic rings.